The third-order valence-corrected chi connectivity index (χ3v) is 4.06. The number of aromatic nitrogens is 2. The SMILES string of the molecule is COc1ccc(C(=O)NCCn2c(C)cnc2C2CC2)cc1F. The number of rotatable bonds is 6. The molecule has 3 rings (SSSR count). The molecule has 1 aromatic heterocycles. The van der Waals surface area contributed by atoms with Crippen molar-refractivity contribution in [2.24, 2.45) is 0 Å². The van der Waals surface area contributed by atoms with Gasteiger partial charge in [-0.05, 0) is 38.0 Å². The second kappa shape index (κ2) is 6.40. The van der Waals surface area contributed by atoms with Crippen molar-refractivity contribution in [1.82, 2.24) is 14.9 Å². The lowest BCUT2D eigenvalue weighted by molar-refractivity contribution is 0.0951. The molecule has 0 unspecified atom stereocenters. The average Bonchev–Trinajstić information content (AvgIpc) is 3.32. The second-order valence-corrected chi connectivity index (χ2v) is 5.79. The number of benzene rings is 1. The zero-order valence-electron chi connectivity index (χ0n) is 13.3. The van der Waals surface area contributed by atoms with Gasteiger partial charge in [0.1, 0.15) is 5.82 Å². The van der Waals surface area contributed by atoms with Crippen LogP contribution in [-0.4, -0.2) is 29.1 Å². The Hall–Kier alpha value is -2.37. The average molecular weight is 317 g/mol. The van der Waals surface area contributed by atoms with Crippen LogP contribution in [0.3, 0.4) is 0 Å². The summed E-state index contributed by atoms with van der Waals surface area (Å²) >= 11 is 0. The Labute approximate surface area is 134 Å². The van der Waals surface area contributed by atoms with E-state index < -0.39 is 5.82 Å². The number of hydrogen-bond acceptors (Lipinski definition) is 3. The minimum absolute atomic E-state index is 0.129. The number of hydrogen-bond donors (Lipinski definition) is 1. The molecule has 2 aromatic rings. The van der Waals surface area contributed by atoms with Crippen LogP contribution in [0, 0.1) is 12.7 Å². The van der Waals surface area contributed by atoms with E-state index in [1.165, 1.54) is 32.1 Å². The fourth-order valence-corrected chi connectivity index (χ4v) is 2.63. The maximum absolute atomic E-state index is 13.6. The summed E-state index contributed by atoms with van der Waals surface area (Å²) < 4.78 is 20.6. The van der Waals surface area contributed by atoms with Crippen LogP contribution in [0.25, 0.3) is 0 Å². The molecule has 0 spiro atoms. The van der Waals surface area contributed by atoms with Crippen molar-refractivity contribution in [3.8, 4) is 5.75 Å². The van der Waals surface area contributed by atoms with E-state index in [1.54, 1.807) is 6.07 Å². The molecule has 0 aliphatic heterocycles. The van der Waals surface area contributed by atoms with Gasteiger partial charge in [0.05, 0.1) is 7.11 Å². The summed E-state index contributed by atoms with van der Waals surface area (Å²) in [5.41, 5.74) is 1.38. The third kappa shape index (κ3) is 3.36. The van der Waals surface area contributed by atoms with Crippen LogP contribution in [0.2, 0.25) is 0 Å². The first-order valence-electron chi connectivity index (χ1n) is 7.74. The highest BCUT2D eigenvalue weighted by atomic mass is 19.1. The number of aryl methyl sites for hydroxylation is 1. The summed E-state index contributed by atoms with van der Waals surface area (Å²) in [4.78, 5) is 16.5. The van der Waals surface area contributed by atoms with Crippen LogP contribution in [0.1, 0.15) is 40.6 Å². The molecule has 1 fully saturated rings. The molecule has 122 valence electrons. The van der Waals surface area contributed by atoms with Crippen LogP contribution < -0.4 is 10.1 Å². The van der Waals surface area contributed by atoms with E-state index in [2.05, 4.69) is 14.9 Å². The van der Waals surface area contributed by atoms with Crippen LogP contribution >= 0.6 is 0 Å². The van der Waals surface area contributed by atoms with Gasteiger partial charge in [-0.15, -0.1) is 0 Å². The molecule has 0 atom stereocenters. The summed E-state index contributed by atoms with van der Waals surface area (Å²) in [5.74, 6) is 0.964. The van der Waals surface area contributed by atoms with E-state index in [1.807, 2.05) is 13.1 Å². The van der Waals surface area contributed by atoms with Gasteiger partial charge in [0.25, 0.3) is 5.91 Å². The van der Waals surface area contributed by atoms with Gasteiger partial charge < -0.3 is 14.6 Å². The zero-order valence-corrected chi connectivity index (χ0v) is 13.3. The molecule has 1 heterocycles. The highest BCUT2D eigenvalue weighted by Crippen LogP contribution is 2.39. The quantitative estimate of drug-likeness (QED) is 0.891. The number of nitrogens with one attached hydrogen (secondary N) is 1. The molecule has 1 aromatic carbocycles. The van der Waals surface area contributed by atoms with Crippen molar-refractivity contribution in [2.45, 2.75) is 32.2 Å². The van der Waals surface area contributed by atoms with E-state index >= 15 is 0 Å². The van der Waals surface area contributed by atoms with Gasteiger partial charge in [0.2, 0.25) is 0 Å². The normalized spacial score (nSPS) is 13.9. The topological polar surface area (TPSA) is 56.1 Å². The van der Waals surface area contributed by atoms with Crippen molar-refractivity contribution in [3.63, 3.8) is 0 Å². The van der Waals surface area contributed by atoms with Gasteiger partial charge in [0, 0.05) is 36.5 Å². The summed E-state index contributed by atoms with van der Waals surface area (Å²) in [5, 5.41) is 2.82. The number of ether oxygens (including phenoxy) is 1. The minimum atomic E-state index is -0.540. The summed E-state index contributed by atoms with van der Waals surface area (Å²) in [6.07, 6.45) is 4.25. The number of carbonyl (C=O) groups excluding carboxylic acids is 1. The van der Waals surface area contributed by atoms with Crippen molar-refractivity contribution in [2.75, 3.05) is 13.7 Å². The lowest BCUT2D eigenvalue weighted by Crippen LogP contribution is -2.28. The Morgan fingerprint density at radius 1 is 1.48 bits per heavy atom. The molecule has 1 aliphatic carbocycles. The zero-order chi connectivity index (χ0) is 16.4. The van der Waals surface area contributed by atoms with E-state index in [0.717, 1.165) is 11.5 Å². The Kier molecular flexibility index (Phi) is 4.32. The molecule has 0 saturated heterocycles. The first kappa shape index (κ1) is 15.5. The Morgan fingerprint density at radius 3 is 2.91 bits per heavy atom. The van der Waals surface area contributed by atoms with Crippen LogP contribution in [0.4, 0.5) is 4.39 Å². The highest BCUT2D eigenvalue weighted by Gasteiger charge is 2.28. The standard InChI is InChI=1S/C17H20FN3O2/c1-11-10-20-16(12-3-4-12)21(11)8-7-19-17(22)13-5-6-15(23-2)14(18)9-13/h5-6,9-10,12H,3-4,7-8H2,1-2H3,(H,19,22). The molecule has 0 radical (unpaired) electrons. The van der Waals surface area contributed by atoms with Crippen molar-refractivity contribution in [1.29, 1.82) is 0 Å². The smallest absolute Gasteiger partial charge is 0.251 e. The molecular formula is C17H20FN3O2. The third-order valence-electron chi connectivity index (χ3n) is 4.06. The van der Waals surface area contributed by atoms with Crippen LogP contribution in [0.5, 0.6) is 5.75 Å². The fourth-order valence-electron chi connectivity index (χ4n) is 2.63. The largest absolute Gasteiger partial charge is 0.494 e. The minimum Gasteiger partial charge on any atom is -0.494 e. The van der Waals surface area contributed by atoms with Gasteiger partial charge in [-0.25, -0.2) is 9.37 Å². The van der Waals surface area contributed by atoms with Crippen LogP contribution in [-0.2, 0) is 6.54 Å². The van der Waals surface area contributed by atoms with Crippen LogP contribution in [0.15, 0.2) is 24.4 Å². The Balaban J connectivity index is 1.59. The highest BCUT2D eigenvalue weighted by molar-refractivity contribution is 5.94. The summed E-state index contributed by atoms with van der Waals surface area (Å²) in [6, 6.07) is 4.19. The Morgan fingerprint density at radius 2 is 2.26 bits per heavy atom. The molecular weight excluding hydrogens is 297 g/mol. The molecule has 0 bridgehead atoms. The second-order valence-electron chi connectivity index (χ2n) is 5.79. The number of carbonyl (C=O) groups is 1. The molecule has 6 heteroatoms. The summed E-state index contributed by atoms with van der Waals surface area (Å²) in [7, 11) is 1.39. The Bertz CT molecular complexity index is 723. The lowest BCUT2D eigenvalue weighted by atomic mass is 10.2. The first-order chi connectivity index (χ1) is 11.1. The number of methoxy groups -OCH3 is 1. The number of halogens is 1. The molecule has 1 N–H and O–H groups in total. The monoisotopic (exact) mass is 317 g/mol. The number of nitrogens with zero attached hydrogens (tertiary/aromatic N) is 2. The van der Waals surface area contributed by atoms with E-state index in [4.69, 9.17) is 4.74 Å². The van der Waals surface area contributed by atoms with Crippen molar-refractivity contribution < 1.29 is 13.9 Å². The van der Waals surface area contributed by atoms with Gasteiger partial charge in [0.15, 0.2) is 11.6 Å². The van der Waals surface area contributed by atoms with Gasteiger partial charge >= 0.3 is 0 Å². The van der Waals surface area contributed by atoms with Crippen molar-refractivity contribution in [3.05, 3.63) is 47.3 Å². The predicted octanol–water partition coefficient (Wildman–Crippen LogP) is 2.65. The lowest BCUT2D eigenvalue weighted by Gasteiger charge is -2.11. The predicted molar refractivity (Wildman–Crippen MR) is 84.2 cm³/mol. The number of amides is 1. The molecule has 1 amide bonds. The van der Waals surface area contributed by atoms with E-state index in [-0.39, 0.29) is 17.2 Å². The molecule has 1 aliphatic rings. The molecule has 23 heavy (non-hydrogen) atoms. The van der Waals surface area contributed by atoms with Crippen molar-refractivity contribution >= 4 is 5.91 Å². The molecule has 1 saturated carbocycles. The van der Waals surface area contributed by atoms with E-state index in [0.29, 0.717) is 19.0 Å². The summed E-state index contributed by atoms with van der Waals surface area (Å²) in [6.45, 7) is 3.16. The molecule has 5 nitrogen and oxygen atoms in total. The van der Waals surface area contributed by atoms with Gasteiger partial charge in [-0.3, -0.25) is 4.79 Å². The maximum Gasteiger partial charge on any atom is 0.251 e. The van der Waals surface area contributed by atoms with Gasteiger partial charge in [-0.2, -0.15) is 0 Å². The maximum atomic E-state index is 13.6. The number of imidazole rings is 1. The van der Waals surface area contributed by atoms with Gasteiger partial charge in [-0.1, -0.05) is 0 Å². The van der Waals surface area contributed by atoms with E-state index in [9.17, 15) is 9.18 Å². The first-order valence-corrected chi connectivity index (χ1v) is 7.74. The fraction of sp³-hybridized carbons (Fsp3) is 0.412.